The molecule has 3 N–H and O–H groups in total. The molecule has 0 unspecified atom stereocenters. The quantitative estimate of drug-likeness (QED) is 0.482. The molecule has 0 aromatic rings. The van der Waals surface area contributed by atoms with Crippen LogP contribution in [0.4, 0.5) is 0 Å². The lowest BCUT2D eigenvalue weighted by molar-refractivity contribution is -0.132. The van der Waals surface area contributed by atoms with E-state index in [1.54, 1.807) is 0 Å². The average molecular weight is 325 g/mol. The Labute approximate surface area is 141 Å². The smallest absolute Gasteiger partial charge is 0.225 e. The number of carbonyl (C=O) groups excluding carboxylic acids is 2. The first-order valence-electron chi connectivity index (χ1n) is 9.46. The molecule has 0 aromatic carbocycles. The van der Waals surface area contributed by atoms with Crippen molar-refractivity contribution in [2.45, 2.75) is 65.2 Å². The van der Waals surface area contributed by atoms with E-state index in [9.17, 15) is 9.59 Å². The average Bonchev–Trinajstić information content (AvgIpc) is 3.04. The number of carbonyl (C=O) groups is 2. The monoisotopic (exact) mass is 325 g/mol. The highest BCUT2D eigenvalue weighted by molar-refractivity contribution is 5.88. The van der Waals surface area contributed by atoms with E-state index in [-0.39, 0.29) is 23.7 Å². The van der Waals surface area contributed by atoms with Crippen LogP contribution in [0.15, 0.2) is 0 Å². The summed E-state index contributed by atoms with van der Waals surface area (Å²) in [6.07, 6.45) is 9.17. The molecule has 1 heterocycles. The van der Waals surface area contributed by atoms with Crippen LogP contribution in [0.5, 0.6) is 0 Å². The topological polar surface area (TPSA) is 70.2 Å². The summed E-state index contributed by atoms with van der Waals surface area (Å²) in [5.74, 6) is -0.399. The van der Waals surface area contributed by atoms with E-state index in [1.807, 2.05) is 0 Å². The molecule has 0 radical (unpaired) electrons. The molecular weight excluding hydrogens is 290 g/mol. The van der Waals surface area contributed by atoms with Crippen LogP contribution in [-0.4, -0.2) is 38.0 Å². The molecule has 0 bridgehead atoms. The Morgan fingerprint density at radius 1 is 0.783 bits per heavy atom. The summed E-state index contributed by atoms with van der Waals surface area (Å²) in [4.78, 5) is 24.6. The van der Waals surface area contributed by atoms with E-state index in [0.717, 1.165) is 38.8 Å². The molecule has 2 atom stereocenters. The van der Waals surface area contributed by atoms with Gasteiger partial charge in [-0.2, -0.15) is 0 Å². The first-order valence-corrected chi connectivity index (χ1v) is 9.46. The van der Waals surface area contributed by atoms with Gasteiger partial charge in [0.15, 0.2) is 0 Å². The van der Waals surface area contributed by atoms with Crippen LogP contribution in [0.25, 0.3) is 0 Å². The molecule has 0 spiro atoms. The predicted molar refractivity (Wildman–Crippen MR) is 94.2 cm³/mol. The van der Waals surface area contributed by atoms with Crippen molar-refractivity contribution < 1.29 is 9.59 Å². The van der Waals surface area contributed by atoms with Crippen LogP contribution in [0.1, 0.15) is 65.2 Å². The number of rotatable bonds is 12. The fourth-order valence-corrected chi connectivity index (χ4v) is 3.02. The lowest BCUT2D eigenvalue weighted by atomic mass is 9.94. The number of amides is 2. The molecular formula is C18H35N3O2. The standard InChI is InChI=1S/C18H35N3O2/c1-3-5-7-9-11-20-17(22)15-13-19-14-16(15)18(23)21-12-10-8-6-4-2/h15-16,19H,3-14H2,1-2H3,(H,20,22)(H,21,23)/t15-,16-/m1/s1. The fraction of sp³-hybridized carbons (Fsp3) is 0.889. The van der Waals surface area contributed by atoms with Gasteiger partial charge < -0.3 is 16.0 Å². The van der Waals surface area contributed by atoms with Crippen molar-refractivity contribution in [1.82, 2.24) is 16.0 Å². The third-order valence-electron chi connectivity index (χ3n) is 4.55. The summed E-state index contributed by atoms with van der Waals surface area (Å²) < 4.78 is 0. The fourth-order valence-electron chi connectivity index (χ4n) is 3.02. The van der Waals surface area contributed by atoms with Crippen molar-refractivity contribution in [2.75, 3.05) is 26.2 Å². The zero-order chi connectivity index (χ0) is 16.9. The van der Waals surface area contributed by atoms with Crippen molar-refractivity contribution in [3.63, 3.8) is 0 Å². The van der Waals surface area contributed by atoms with Gasteiger partial charge in [0.1, 0.15) is 0 Å². The van der Waals surface area contributed by atoms with Gasteiger partial charge in [-0.05, 0) is 12.8 Å². The molecule has 134 valence electrons. The van der Waals surface area contributed by atoms with Gasteiger partial charge in [0, 0.05) is 26.2 Å². The van der Waals surface area contributed by atoms with E-state index >= 15 is 0 Å². The number of hydrogen-bond donors (Lipinski definition) is 3. The number of unbranched alkanes of at least 4 members (excludes halogenated alkanes) is 6. The third-order valence-corrected chi connectivity index (χ3v) is 4.55. The molecule has 5 nitrogen and oxygen atoms in total. The maximum absolute atomic E-state index is 12.3. The molecule has 23 heavy (non-hydrogen) atoms. The highest BCUT2D eigenvalue weighted by Gasteiger charge is 2.37. The van der Waals surface area contributed by atoms with E-state index in [2.05, 4.69) is 29.8 Å². The van der Waals surface area contributed by atoms with Gasteiger partial charge in [0.05, 0.1) is 11.8 Å². The van der Waals surface area contributed by atoms with Gasteiger partial charge >= 0.3 is 0 Å². The molecule has 1 saturated heterocycles. The van der Waals surface area contributed by atoms with Gasteiger partial charge in [0.25, 0.3) is 0 Å². The second kappa shape index (κ2) is 12.3. The molecule has 1 rings (SSSR count). The van der Waals surface area contributed by atoms with Crippen molar-refractivity contribution in [3.05, 3.63) is 0 Å². The minimum Gasteiger partial charge on any atom is -0.356 e. The lowest BCUT2D eigenvalue weighted by Gasteiger charge is -2.18. The van der Waals surface area contributed by atoms with E-state index in [4.69, 9.17) is 0 Å². The summed E-state index contributed by atoms with van der Waals surface area (Å²) in [5.41, 5.74) is 0. The molecule has 0 saturated carbocycles. The predicted octanol–water partition coefficient (Wildman–Crippen LogP) is 2.21. The Morgan fingerprint density at radius 3 is 1.61 bits per heavy atom. The van der Waals surface area contributed by atoms with E-state index in [1.165, 1.54) is 25.7 Å². The van der Waals surface area contributed by atoms with Crippen molar-refractivity contribution in [2.24, 2.45) is 11.8 Å². The Kier molecular flexibility index (Phi) is 10.7. The number of hydrogen-bond acceptors (Lipinski definition) is 3. The Morgan fingerprint density at radius 2 is 1.22 bits per heavy atom. The Hall–Kier alpha value is -1.10. The highest BCUT2D eigenvalue weighted by atomic mass is 16.2. The minimum absolute atomic E-state index is 0.0256. The van der Waals surface area contributed by atoms with Crippen LogP contribution in [0.2, 0.25) is 0 Å². The maximum atomic E-state index is 12.3. The normalized spacial score (nSPS) is 20.4. The maximum Gasteiger partial charge on any atom is 0.225 e. The molecule has 0 aliphatic carbocycles. The minimum atomic E-state index is -0.225. The summed E-state index contributed by atoms with van der Waals surface area (Å²) in [6.45, 7) is 7.01. The van der Waals surface area contributed by atoms with Crippen LogP contribution < -0.4 is 16.0 Å². The summed E-state index contributed by atoms with van der Waals surface area (Å²) in [5, 5.41) is 9.17. The largest absolute Gasteiger partial charge is 0.356 e. The number of nitrogens with one attached hydrogen (secondary N) is 3. The lowest BCUT2D eigenvalue weighted by Crippen LogP contribution is -2.42. The van der Waals surface area contributed by atoms with E-state index < -0.39 is 0 Å². The van der Waals surface area contributed by atoms with Crippen LogP contribution in [0.3, 0.4) is 0 Å². The third kappa shape index (κ3) is 7.82. The SMILES string of the molecule is CCCCCCNC(=O)[C@@H]1CNC[C@H]1C(=O)NCCCCCC. The molecule has 1 aliphatic heterocycles. The van der Waals surface area contributed by atoms with Crippen molar-refractivity contribution in [1.29, 1.82) is 0 Å². The van der Waals surface area contributed by atoms with E-state index in [0.29, 0.717) is 13.1 Å². The zero-order valence-electron chi connectivity index (χ0n) is 15.0. The van der Waals surface area contributed by atoms with Crippen molar-refractivity contribution in [3.8, 4) is 0 Å². The Bertz CT molecular complexity index is 315. The first-order chi connectivity index (χ1) is 11.2. The van der Waals surface area contributed by atoms with Gasteiger partial charge in [-0.25, -0.2) is 0 Å². The summed E-state index contributed by atoms with van der Waals surface area (Å²) in [6, 6.07) is 0. The van der Waals surface area contributed by atoms with Gasteiger partial charge in [-0.3, -0.25) is 9.59 Å². The second-order valence-electron chi connectivity index (χ2n) is 6.57. The van der Waals surface area contributed by atoms with Gasteiger partial charge in [0.2, 0.25) is 11.8 Å². The molecule has 1 fully saturated rings. The van der Waals surface area contributed by atoms with Gasteiger partial charge in [-0.1, -0.05) is 52.4 Å². The van der Waals surface area contributed by atoms with Crippen LogP contribution in [-0.2, 0) is 9.59 Å². The molecule has 5 heteroatoms. The van der Waals surface area contributed by atoms with Crippen LogP contribution in [0, 0.1) is 11.8 Å². The van der Waals surface area contributed by atoms with Gasteiger partial charge in [-0.15, -0.1) is 0 Å². The first kappa shape index (κ1) is 19.9. The zero-order valence-corrected chi connectivity index (χ0v) is 15.0. The summed E-state index contributed by atoms with van der Waals surface area (Å²) >= 11 is 0. The van der Waals surface area contributed by atoms with Crippen molar-refractivity contribution >= 4 is 11.8 Å². The molecule has 0 aromatic heterocycles. The highest BCUT2D eigenvalue weighted by Crippen LogP contribution is 2.17. The second-order valence-corrected chi connectivity index (χ2v) is 6.57. The molecule has 1 aliphatic rings. The van der Waals surface area contributed by atoms with Crippen LogP contribution >= 0.6 is 0 Å². The Balaban J connectivity index is 2.25. The molecule has 2 amide bonds. The summed E-state index contributed by atoms with van der Waals surface area (Å²) in [7, 11) is 0.